The summed E-state index contributed by atoms with van der Waals surface area (Å²) in [5.41, 5.74) is 3.44. The van der Waals surface area contributed by atoms with Crippen LogP contribution in [0.1, 0.15) is 16.1 Å². The molecule has 0 unspecified atom stereocenters. The van der Waals surface area contributed by atoms with Gasteiger partial charge in [-0.1, -0.05) is 0 Å². The molecule has 5 heterocycles. The van der Waals surface area contributed by atoms with Crippen LogP contribution in [0.2, 0.25) is 0 Å². The van der Waals surface area contributed by atoms with Crippen LogP contribution in [0.15, 0.2) is 60.9 Å². The van der Waals surface area contributed by atoms with Gasteiger partial charge in [-0.25, -0.2) is 23.7 Å². The Morgan fingerprint density at radius 1 is 1.00 bits per heavy atom. The molecule has 6 rings (SSSR count). The van der Waals surface area contributed by atoms with Crippen LogP contribution < -0.4 is 5.32 Å². The molecule has 0 spiro atoms. The van der Waals surface area contributed by atoms with Gasteiger partial charge < -0.3 is 15.3 Å². The van der Waals surface area contributed by atoms with Crippen molar-refractivity contribution in [3.05, 3.63) is 83.9 Å². The third-order valence-corrected chi connectivity index (χ3v) is 6.17. The molecule has 0 fully saturated rings. The summed E-state index contributed by atoms with van der Waals surface area (Å²) in [6.45, 7) is 0.742. The Labute approximate surface area is 213 Å². The van der Waals surface area contributed by atoms with Crippen molar-refractivity contribution in [2.24, 2.45) is 0 Å². The number of carbonyl (C=O) groups is 2. The molecule has 4 aromatic heterocycles. The molecule has 0 saturated heterocycles. The molecule has 2 N–H and O–H groups in total. The lowest BCUT2D eigenvalue weighted by atomic mass is 10.0. The fourth-order valence-electron chi connectivity index (χ4n) is 4.37. The van der Waals surface area contributed by atoms with E-state index in [1.807, 2.05) is 0 Å². The van der Waals surface area contributed by atoms with E-state index in [9.17, 15) is 23.5 Å². The van der Waals surface area contributed by atoms with Gasteiger partial charge in [0.2, 0.25) is 5.95 Å². The van der Waals surface area contributed by atoms with E-state index in [2.05, 4.69) is 20.4 Å². The van der Waals surface area contributed by atoms with Gasteiger partial charge in [0.1, 0.15) is 11.5 Å². The minimum absolute atomic E-state index is 0.0849. The first-order valence-corrected chi connectivity index (χ1v) is 11.5. The van der Waals surface area contributed by atoms with Crippen LogP contribution in [-0.4, -0.2) is 57.9 Å². The number of pyridine rings is 1. The number of hydrogen-bond acceptors (Lipinski definition) is 6. The van der Waals surface area contributed by atoms with Gasteiger partial charge >= 0.3 is 6.09 Å². The first kappa shape index (κ1) is 23.2. The molecule has 0 aliphatic carbocycles. The first-order valence-electron chi connectivity index (χ1n) is 11.5. The third kappa shape index (κ3) is 4.19. The van der Waals surface area contributed by atoms with Crippen molar-refractivity contribution in [2.45, 2.75) is 13.1 Å². The van der Waals surface area contributed by atoms with Crippen molar-refractivity contribution in [1.29, 1.82) is 0 Å². The second kappa shape index (κ2) is 9.03. The maximum atomic E-state index is 13.6. The fourth-order valence-corrected chi connectivity index (χ4v) is 4.37. The average Bonchev–Trinajstić information content (AvgIpc) is 3.48. The zero-order valence-electron chi connectivity index (χ0n) is 19.5. The van der Waals surface area contributed by atoms with E-state index < -0.39 is 23.8 Å². The Balaban J connectivity index is 1.41. The maximum absolute atomic E-state index is 13.6. The lowest BCUT2D eigenvalue weighted by molar-refractivity contribution is 0.102. The van der Waals surface area contributed by atoms with Crippen LogP contribution in [0, 0.1) is 11.8 Å². The number of aromatic nitrogens is 6. The summed E-state index contributed by atoms with van der Waals surface area (Å²) in [6, 6.07) is 11.7. The molecule has 190 valence electrons. The highest BCUT2D eigenvalue weighted by molar-refractivity contribution is 6.03. The molecular formula is C25H18F2N8O3. The third-order valence-electron chi connectivity index (χ3n) is 6.17. The van der Waals surface area contributed by atoms with Crippen molar-refractivity contribution in [3.63, 3.8) is 0 Å². The molecule has 1 aliphatic rings. The van der Waals surface area contributed by atoms with Crippen LogP contribution in [-0.2, 0) is 13.1 Å². The number of nitrogens with one attached hydrogen (secondary N) is 1. The fraction of sp³-hybridized carbons (Fsp3) is 0.120. The summed E-state index contributed by atoms with van der Waals surface area (Å²) >= 11 is 0. The normalized spacial score (nSPS) is 12.9. The Bertz CT molecular complexity index is 1710. The zero-order valence-corrected chi connectivity index (χ0v) is 19.5. The summed E-state index contributed by atoms with van der Waals surface area (Å²) in [5.74, 6) is -1.53. The average molecular weight is 516 g/mol. The Morgan fingerprint density at radius 2 is 1.82 bits per heavy atom. The molecular weight excluding hydrogens is 498 g/mol. The van der Waals surface area contributed by atoms with E-state index in [-0.39, 0.29) is 24.5 Å². The number of amides is 2. The van der Waals surface area contributed by atoms with Gasteiger partial charge in [0.25, 0.3) is 5.91 Å². The van der Waals surface area contributed by atoms with Crippen LogP contribution in [0.25, 0.3) is 28.2 Å². The van der Waals surface area contributed by atoms with E-state index in [1.165, 1.54) is 40.0 Å². The quantitative estimate of drug-likeness (QED) is 0.349. The van der Waals surface area contributed by atoms with Gasteiger partial charge in [0, 0.05) is 29.9 Å². The molecule has 0 atom stereocenters. The molecule has 0 radical (unpaired) electrons. The van der Waals surface area contributed by atoms with E-state index in [4.69, 9.17) is 5.10 Å². The van der Waals surface area contributed by atoms with E-state index in [1.54, 1.807) is 28.9 Å². The summed E-state index contributed by atoms with van der Waals surface area (Å²) in [4.78, 5) is 33.3. The minimum atomic E-state index is -1.04. The summed E-state index contributed by atoms with van der Waals surface area (Å²) in [5, 5.41) is 21.5. The second-order valence-corrected chi connectivity index (χ2v) is 8.57. The number of nitrogens with zero attached hydrogens (tertiary/aromatic N) is 7. The zero-order chi connectivity index (χ0) is 26.4. The molecule has 13 heteroatoms. The van der Waals surface area contributed by atoms with Crippen LogP contribution >= 0.6 is 0 Å². The predicted molar refractivity (Wildman–Crippen MR) is 130 cm³/mol. The second-order valence-electron chi connectivity index (χ2n) is 8.57. The lowest BCUT2D eigenvalue weighted by Gasteiger charge is -2.25. The van der Waals surface area contributed by atoms with Crippen LogP contribution in [0.3, 0.4) is 0 Å². The van der Waals surface area contributed by atoms with Crippen molar-refractivity contribution in [2.75, 3.05) is 11.9 Å². The summed E-state index contributed by atoms with van der Waals surface area (Å²) < 4.78 is 30.2. The number of imidazole rings is 1. The number of fused-ring (bicyclic) bond motifs is 2. The number of carbonyl (C=O) groups excluding carboxylic acids is 1. The number of rotatable bonds is 4. The van der Waals surface area contributed by atoms with Crippen LogP contribution in [0.4, 0.5) is 19.4 Å². The van der Waals surface area contributed by atoms with Crippen molar-refractivity contribution in [1.82, 2.24) is 34.3 Å². The molecule has 38 heavy (non-hydrogen) atoms. The molecule has 5 aromatic rings. The molecule has 1 aromatic carbocycles. The van der Waals surface area contributed by atoms with Gasteiger partial charge in [-0.2, -0.15) is 14.6 Å². The smallest absolute Gasteiger partial charge is 0.407 e. The highest BCUT2D eigenvalue weighted by Gasteiger charge is 2.29. The van der Waals surface area contributed by atoms with Gasteiger partial charge in [-0.15, -0.1) is 0 Å². The predicted octanol–water partition coefficient (Wildman–Crippen LogP) is 3.68. The van der Waals surface area contributed by atoms with Gasteiger partial charge in [0.05, 0.1) is 36.2 Å². The number of benzene rings is 1. The number of carboxylic acid groups (broad SMARTS) is 1. The standard InChI is InChI=1S/C25H18F2N8O3/c26-16-3-1-14(2-4-16)23-22(18-12-33(25(37)38)9-10-34(18)32-23)17-5-6-21-29-20(13-35(21)31-17)30-24(36)15-7-8-28-19(27)11-15/h1-8,11,13H,9-10,12H2,(H,30,36)(H,37,38). The summed E-state index contributed by atoms with van der Waals surface area (Å²) in [7, 11) is 0. The molecule has 0 bridgehead atoms. The van der Waals surface area contributed by atoms with Crippen molar-refractivity contribution in [3.8, 4) is 22.5 Å². The van der Waals surface area contributed by atoms with Gasteiger partial charge in [-0.3, -0.25) is 9.48 Å². The largest absolute Gasteiger partial charge is 0.465 e. The highest BCUT2D eigenvalue weighted by Crippen LogP contribution is 2.36. The summed E-state index contributed by atoms with van der Waals surface area (Å²) in [6.07, 6.45) is 1.66. The lowest BCUT2D eigenvalue weighted by Crippen LogP contribution is -2.37. The number of halogens is 2. The van der Waals surface area contributed by atoms with E-state index >= 15 is 0 Å². The van der Waals surface area contributed by atoms with Crippen molar-refractivity contribution >= 4 is 23.5 Å². The molecule has 2 amide bonds. The minimum Gasteiger partial charge on any atom is -0.465 e. The maximum Gasteiger partial charge on any atom is 0.407 e. The first-order chi connectivity index (χ1) is 18.4. The van der Waals surface area contributed by atoms with Crippen LogP contribution in [0.5, 0.6) is 0 Å². The SMILES string of the molecule is O=C(Nc1cn2nc(-c3c(-c4ccc(F)cc4)nn4c3CN(C(=O)O)CC4)ccc2n1)c1ccnc(F)c1. The molecule has 0 saturated carbocycles. The Kier molecular flexibility index (Phi) is 5.52. The van der Waals surface area contributed by atoms with Gasteiger partial charge in [-0.05, 0) is 42.5 Å². The number of anilines is 1. The Morgan fingerprint density at radius 3 is 2.58 bits per heavy atom. The van der Waals surface area contributed by atoms with Gasteiger partial charge in [0.15, 0.2) is 11.5 Å². The monoisotopic (exact) mass is 516 g/mol. The number of hydrogen-bond donors (Lipinski definition) is 2. The van der Waals surface area contributed by atoms with Crippen molar-refractivity contribution < 1.29 is 23.5 Å². The topological polar surface area (TPSA) is 131 Å². The highest BCUT2D eigenvalue weighted by atomic mass is 19.1. The Hall–Kier alpha value is -5.20. The van der Waals surface area contributed by atoms with E-state index in [0.29, 0.717) is 40.4 Å². The molecule has 1 aliphatic heterocycles. The molecule has 11 nitrogen and oxygen atoms in total. The van der Waals surface area contributed by atoms with E-state index in [0.717, 1.165) is 6.07 Å².